The first-order chi connectivity index (χ1) is 9.29. The quantitative estimate of drug-likeness (QED) is 0.587. The van der Waals surface area contributed by atoms with Crippen LogP contribution in [0, 0.1) is 0 Å². The van der Waals surface area contributed by atoms with Gasteiger partial charge in [0, 0.05) is 17.8 Å². The van der Waals surface area contributed by atoms with Crippen molar-refractivity contribution in [2.75, 3.05) is 20.8 Å². The van der Waals surface area contributed by atoms with Crippen molar-refractivity contribution in [3.8, 4) is 5.75 Å². The summed E-state index contributed by atoms with van der Waals surface area (Å²) in [6, 6.07) is 3.70. The highest BCUT2D eigenvalue weighted by Gasteiger charge is 2.20. The van der Waals surface area contributed by atoms with Crippen LogP contribution in [0.2, 0.25) is 0 Å². The number of benzene rings is 1. The van der Waals surface area contributed by atoms with Gasteiger partial charge in [-0.05, 0) is 25.1 Å². The van der Waals surface area contributed by atoms with Crippen LogP contribution in [0.1, 0.15) is 17.3 Å². The first-order valence-corrected chi connectivity index (χ1v) is 7.93. The second kappa shape index (κ2) is 6.92. The Kier molecular flexibility index (Phi) is 5.79. The molecule has 0 aliphatic carbocycles. The van der Waals surface area contributed by atoms with Gasteiger partial charge in [0.1, 0.15) is 17.4 Å². The molecule has 0 amide bonds. The van der Waals surface area contributed by atoms with Crippen LogP contribution >= 0.6 is 10.7 Å². The smallest absolute Gasteiger partial charge is 0.342 e. The molecule has 1 aromatic rings. The summed E-state index contributed by atoms with van der Waals surface area (Å²) in [5.74, 6) is -0.516. The molecule has 1 unspecified atom stereocenters. The minimum Gasteiger partial charge on any atom is -0.496 e. The van der Waals surface area contributed by atoms with Gasteiger partial charge in [-0.3, -0.25) is 0 Å². The van der Waals surface area contributed by atoms with Crippen LogP contribution in [0.25, 0.3) is 0 Å². The molecule has 112 valence electrons. The Bertz CT molecular complexity index is 584. The van der Waals surface area contributed by atoms with Crippen LogP contribution in [-0.2, 0) is 18.5 Å². The largest absolute Gasteiger partial charge is 0.496 e. The minimum atomic E-state index is -3.94. The summed E-state index contributed by atoms with van der Waals surface area (Å²) in [5, 5.41) is 0. The number of carbonyl (C=O) groups excluding carboxylic acids is 1. The van der Waals surface area contributed by atoms with Crippen LogP contribution in [0.15, 0.2) is 23.1 Å². The fourth-order valence-electron chi connectivity index (χ4n) is 1.51. The van der Waals surface area contributed by atoms with Crippen molar-refractivity contribution in [1.29, 1.82) is 0 Å². The number of methoxy groups -OCH3 is 2. The van der Waals surface area contributed by atoms with Crippen molar-refractivity contribution in [2.24, 2.45) is 0 Å². The standard InChI is InChI=1S/C12H15ClO6S/c1-8(7-17-2)19-12(14)10-6-9(20(13,15)16)4-5-11(10)18-3/h4-6,8H,7H2,1-3H3. The maximum atomic E-state index is 12.0. The Morgan fingerprint density at radius 1 is 1.35 bits per heavy atom. The molecule has 0 saturated carbocycles. The van der Waals surface area contributed by atoms with E-state index in [0.717, 1.165) is 6.07 Å². The Balaban J connectivity index is 3.11. The van der Waals surface area contributed by atoms with E-state index in [0.29, 0.717) is 0 Å². The molecule has 0 radical (unpaired) electrons. The summed E-state index contributed by atoms with van der Waals surface area (Å²) in [4.78, 5) is 11.8. The topological polar surface area (TPSA) is 78.9 Å². The monoisotopic (exact) mass is 322 g/mol. The van der Waals surface area contributed by atoms with Gasteiger partial charge in [-0.15, -0.1) is 0 Å². The molecule has 0 heterocycles. The van der Waals surface area contributed by atoms with Gasteiger partial charge in [0.25, 0.3) is 9.05 Å². The number of halogens is 1. The van der Waals surface area contributed by atoms with Crippen LogP contribution < -0.4 is 4.74 Å². The molecule has 6 nitrogen and oxygen atoms in total. The van der Waals surface area contributed by atoms with Crippen molar-refractivity contribution in [3.63, 3.8) is 0 Å². The zero-order valence-corrected chi connectivity index (χ0v) is 12.8. The van der Waals surface area contributed by atoms with Crippen molar-refractivity contribution < 1.29 is 27.4 Å². The van der Waals surface area contributed by atoms with E-state index in [9.17, 15) is 13.2 Å². The molecular weight excluding hydrogens is 308 g/mol. The average Bonchev–Trinajstić information content (AvgIpc) is 2.37. The van der Waals surface area contributed by atoms with Gasteiger partial charge in [-0.2, -0.15) is 0 Å². The Morgan fingerprint density at radius 2 is 2.00 bits per heavy atom. The first kappa shape index (κ1) is 16.7. The van der Waals surface area contributed by atoms with E-state index >= 15 is 0 Å². The Labute approximate surface area is 122 Å². The molecular formula is C12H15ClO6S. The maximum absolute atomic E-state index is 12.0. The third-order valence-corrected chi connectivity index (χ3v) is 3.73. The van der Waals surface area contributed by atoms with E-state index in [2.05, 4.69) is 0 Å². The molecule has 8 heteroatoms. The van der Waals surface area contributed by atoms with E-state index in [1.54, 1.807) is 6.92 Å². The zero-order chi connectivity index (χ0) is 15.3. The van der Waals surface area contributed by atoms with Crippen LogP contribution in [0.5, 0.6) is 5.75 Å². The van der Waals surface area contributed by atoms with Crippen LogP contribution in [-0.4, -0.2) is 41.3 Å². The molecule has 0 aromatic heterocycles. The predicted molar refractivity (Wildman–Crippen MR) is 72.8 cm³/mol. The molecule has 0 spiro atoms. The molecule has 0 aliphatic rings. The lowest BCUT2D eigenvalue weighted by Gasteiger charge is -2.14. The maximum Gasteiger partial charge on any atom is 0.342 e. The van der Waals surface area contributed by atoms with E-state index in [1.807, 2.05) is 0 Å². The van der Waals surface area contributed by atoms with Crippen molar-refractivity contribution in [1.82, 2.24) is 0 Å². The van der Waals surface area contributed by atoms with E-state index < -0.39 is 21.1 Å². The molecule has 0 saturated heterocycles. The average molecular weight is 323 g/mol. The molecule has 0 N–H and O–H groups in total. The molecule has 20 heavy (non-hydrogen) atoms. The van der Waals surface area contributed by atoms with Gasteiger partial charge in [-0.25, -0.2) is 13.2 Å². The lowest BCUT2D eigenvalue weighted by atomic mass is 10.2. The van der Waals surface area contributed by atoms with Gasteiger partial charge >= 0.3 is 5.97 Å². The van der Waals surface area contributed by atoms with Gasteiger partial charge in [-0.1, -0.05) is 0 Å². The summed E-state index contributed by atoms with van der Waals surface area (Å²) in [6.45, 7) is 1.87. The number of carbonyl (C=O) groups is 1. The number of rotatable bonds is 6. The summed E-state index contributed by atoms with van der Waals surface area (Å²) >= 11 is 0. The highest BCUT2D eigenvalue weighted by molar-refractivity contribution is 8.13. The van der Waals surface area contributed by atoms with Gasteiger partial charge in [0.05, 0.1) is 18.6 Å². The van der Waals surface area contributed by atoms with E-state index in [1.165, 1.54) is 26.4 Å². The zero-order valence-electron chi connectivity index (χ0n) is 11.3. The highest BCUT2D eigenvalue weighted by Crippen LogP contribution is 2.25. The van der Waals surface area contributed by atoms with Crippen LogP contribution in [0.3, 0.4) is 0 Å². The SMILES string of the molecule is COCC(C)OC(=O)c1cc(S(=O)(=O)Cl)ccc1OC. The lowest BCUT2D eigenvalue weighted by Crippen LogP contribution is -2.20. The summed E-state index contributed by atoms with van der Waals surface area (Å²) in [7, 11) is 4.15. The molecule has 0 aliphatic heterocycles. The normalized spacial score (nSPS) is 12.8. The highest BCUT2D eigenvalue weighted by atomic mass is 35.7. The fourth-order valence-corrected chi connectivity index (χ4v) is 2.29. The second-order valence-corrected chi connectivity index (χ2v) is 6.54. The Morgan fingerprint density at radius 3 is 2.50 bits per heavy atom. The summed E-state index contributed by atoms with van der Waals surface area (Å²) < 4.78 is 37.5. The van der Waals surface area contributed by atoms with Gasteiger partial charge in [0.2, 0.25) is 0 Å². The van der Waals surface area contributed by atoms with Crippen molar-refractivity contribution >= 4 is 25.7 Å². The number of ether oxygens (including phenoxy) is 3. The third-order valence-electron chi connectivity index (χ3n) is 2.38. The molecule has 1 atom stereocenters. The summed E-state index contributed by atoms with van der Waals surface area (Å²) in [5.41, 5.74) is -0.0165. The fraction of sp³-hybridized carbons (Fsp3) is 0.417. The number of hydrogen-bond donors (Lipinski definition) is 0. The number of hydrogen-bond acceptors (Lipinski definition) is 6. The lowest BCUT2D eigenvalue weighted by molar-refractivity contribution is 0.0117. The first-order valence-electron chi connectivity index (χ1n) is 5.62. The molecule has 0 fully saturated rings. The predicted octanol–water partition coefficient (Wildman–Crippen LogP) is 1.81. The molecule has 0 bridgehead atoms. The molecule has 1 rings (SSSR count). The van der Waals surface area contributed by atoms with Crippen LogP contribution in [0.4, 0.5) is 0 Å². The van der Waals surface area contributed by atoms with Crippen molar-refractivity contribution in [2.45, 2.75) is 17.9 Å². The second-order valence-electron chi connectivity index (χ2n) is 3.97. The Hall–Kier alpha value is -1.31. The van der Waals surface area contributed by atoms with Crippen molar-refractivity contribution in [3.05, 3.63) is 23.8 Å². The van der Waals surface area contributed by atoms with E-state index in [-0.39, 0.29) is 22.8 Å². The van der Waals surface area contributed by atoms with Gasteiger partial charge < -0.3 is 14.2 Å². The third kappa shape index (κ3) is 4.36. The summed E-state index contributed by atoms with van der Waals surface area (Å²) in [6.07, 6.45) is -0.478. The van der Waals surface area contributed by atoms with Gasteiger partial charge in [0.15, 0.2) is 0 Å². The number of esters is 1. The van der Waals surface area contributed by atoms with E-state index in [4.69, 9.17) is 24.9 Å². The molecule has 1 aromatic carbocycles. The minimum absolute atomic E-state index is 0.0165.